The van der Waals surface area contributed by atoms with Gasteiger partial charge < -0.3 is 15.7 Å². The molecule has 0 radical (unpaired) electrons. The highest BCUT2D eigenvalue weighted by atomic mass is 16.3. The van der Waals surface area contributed by atoms with Crippen molar-refractivity contribution in [3.63, 3.8) is 0 Å². The molecule has 21 heavy (non-hydrogen) atoms. The summed E-state index contributed by atoms with van der Waals surface area (Å²) in [6.45, 7) is 2.14. The number of piperidine rings is 1. The number of aromatic nitrogens is 2. The molecule has 0 unspecified atom stereocenters. The van der Waals surface area contributed by atoms with Crippen molar-refractivity contribution in [2.45, 2.75) is 18.8 Å². The maximum Gasteiger partial charge on any atom is 0.149 e. The minimum atomic E-state index is 0.214. The predicted octanol–water partition coefficient (Wildman–Crippen LogP) is 2.24. The highest BCUT2D eigenvalue weighted by Gasteiger charge is 2.22. The van der Waals surface area contributed by atoms with Crippen LogP contribution in [-0.2, 0) is 0 Å². The Kier molecular flexibility index (Phi) is 3.75. The maximum atomic E-state index is 9.96. The Morgan fingerprint density at radius 1 is 1.19 bits per heavy atom. The van der Waals surface area contributed by atoms with Crippen LogP contribution in [0.1, 0.15) is 24.3 Å². The summed E-state index contributed by atoms with van der Waals surface area (Å²) in [6, 6.07) is 9.15. The summed E-state index contributed by atoms with van der Waals surface area (Å²) < 4.78 is 0. The Morgan fingerprint density at radius 2 is 1.90 bits per heavy atom. The molecule has 0 spiro atoms. The van der Waals surface area contributed by atoms with Crippen molar-refractivity contribution in [3.8, 4) is 17.0 Å². The molecule has 2 heterocycles. The van der Waals surface area contributed by atoms with Crippen LogP contribution in [-0.4, -0.2) is 40.3 Å². The van der Waals surface area contributed by atoms with Gasteiger partial charge in [0.2, 0.25) is 0 Å². The van der Waals surface area contributed by atoms with Crippen LogP contribution in [0.4, 0.5) is 5.82 Å². The lowest BCUT2D eigenvalue weighted by atomic mass is 9.89. The highest BCUT2D eigenvalue weighted by molar-refractivity contribution is 5.67. The van der Waals surface area contributed by atoms with E-state index in [1.165, 1.54) is 0 Å². The molecule has 3 rings (SSSR count). The molecule has 5 heteroatoms. The molecule has 110 valence electrons. The standard InChI is InChI=1S/C16H20N4O/c1-20-8-6-11(7-9-20)13-10-14(18-19-16(13)17)12-4-2-3-5-15(12)21/h2-5,10-11,21H,6-9H2,1H3,(H2,17,19). The Balaban J connectivity index is 1.95. The third kappa shape index (κ3) is 2.83. The lowest BCUT2D eigenvalue weighted by Crippen LogP contribution is -2.29. The number of nitrogens with two attached hydrogens (primary N) is 1. The number of nitrogens with zero attached hydrogens (tertiary/aromatic N) is 3. The summed E-state index contributed by atoms with van der Waals surface area (Å²) in [5.74, 6) is 1.14. The number of rotatable bonds is 2. The van der Waals surface area contributed by atoms with Crippen LogP contribution in [0.15, 0.2) is 30.3 Å². The predicted molar refractivity (Wildman–Crippen MR) is 83.0 cm³/mol. The Bertz CT molecular complexity index is 636. The normalized spacial score (nSPS) is 17.0. The van der Waals surface area contributed by atoms with Gasteiger partial charge in [-0.3, -0.25) is 0 Å². The van der Waals surface area contributed by atoms with Crippen molar-refractivity contribution >= 4 is 5.82 Å². The lowest BCUT2D eigenvalue weighted by molar-refractivity contribution is 0.255. The van der Waals surface area contributed by atoms with E-state index < -0.39 is 0 Å². The van der Waals surface area contributed by atoms with Crippen LogP contribution in [0.3, 0.4) is 0 Å². The van der Waals surface area contributed by atoms with Crippen LogP contribution in [0, 0.1) is 0 Å². The van der Waals surface area contributed by atoms with Crippen LogP contribution in [0.2, 0.25) is 0 Å². The maximum absolute atomic E-state index is 9.96. The number of hydrogen-bond donors (Lipinski definition) is 2. The van der Waals surface area contributed by atoms with Gasteiger partial charge in [-0.2, -0.15) is 0 Å². The number of hydrogen-bond acceptors (Lipinski definition) is 5. The smallest absolute Gasteiger partial charge is 0.149 e. The van der Waals surface area contributed by atoms with Crippen LogP contribution in [0.5, 0.6) is 5.75 Å². The van der Waals surface area contributed by atoms with Gasteiger partial charge in [0.25, 0.3) is 0 Å². The number of para-hydroxylation sites is 1. The van der Waals surface area contributed by atoms with Gasteiger partial charge in [0.15, 0.2) is 0 Å². The first kappa shape index (κ1) is 13.8. The van der Waals surface area contributed by atoms with Crippen molar-refractivity contribution in [2.24, 2.45) is 0 Å². The van der Waals surface area contributed by atoms with Gasteiger partial charge in [0.05, 0.1) is 5.69 Å². The third-order valence-electron chi connectivity index (χ3n) is 4.19. The minimum absolute atomic E-state index is 0.214. The van der Waals surface area contributed by atoms with Gasteiger partial charge in [0, 0.05) is 11.1 Å². The van der Waals surface area contributed by atoms with Crippen molar-refractivity contribution in [1.82, 2.24) is 15.1 Å². The molecule has 1 aromatic carbocycles. The molecule has 0 amide bonds. The van der Waals surface area contributed by atoms with Crippen LogP contribution >= 0.6 is 0 Å². The van der Waals surface area contributed by atoms with E-state index in [1.807, 2.05) is 18.2 Å². The number of aromatic hydroxyl groups is 1. The fraction of sp³-hybridized carbons (Fsp3) is 0.375. The topological polar surface area (TPSA) is 75.3 Å². The Morgan fingerprint density at radius 3 is 2.62 bits per heavy atom. The molecule has 1 saturated heterocycles. The molecule has 2 aromatic rings. The van der Waals surface area contributed by atoms with E-state index in [-0.39, 0.29) is 5.75 Å². The van der Waals surface area contributed by atoms with E-state index in [2.05, 4.69) is 22.1 Å². The van der Waals surface area contributed by atoms with E-state index in [9.17, 15) is 5.11 Å². The second-order valence-electron chi connectivity index (χ2n) is 5.66. The van der Waals surface area contributed by atoms with E-state index >= 15 is 0 Å². The zero-order chi connectivity index (χ0) is 14.8. The average molecular weight is 284 g/mol. The van der Waals surface area contributed by atoms with Crippen molar-refractivity contribution in [2.75, 3.05) is 25.9 Å². The van der Waals surface area contributed by atoms with Gasteiger partial charge in [-0.05, 0) is 57.1 Å². The van der Waals surface area contributed by atoms with Crippen molar-refractivity contribution in [3.05, 3.63) is 35.9 Å². The van der Waals surface area contributed by atoms with E-state index in [4.69, 9.17) is 5.73 Å². The first-order chi connectivity index (χ1) is 10.1. The van der Waals surface area contributed by atoms with Gasteiger partial charge in [-0.15, -0.1) is 10.2 Å². The van der Waals surface area contributed by atoms with Crippen LogP contribution in [0.25, 0.3) is 11.3 Å². The first-order valence-electron chi connectivity index (χ1n) is 7.25. The third-order valence-corrected chi connectivity index (χ3v) is 4.19. The second-order valence-corrected chi connectivity index (χ2v) is 5.66. The van der Waals surface area contributed by atoms with E-state index in [0.29, 0.717) is 23.0 Å². The van der Waals surface area contributed by atoms with Gasteiger partial charge in [0.1, 0.15) is 11.6 Å². The fourth-order valence-corrected chi connectivity index (χ4v) is 2.88. The summed E-state index contributed by atoms with van der Waals surface area (Å²) in [4.78, 5) is 2.32. The summed E-state index contributed by atoms with van der Waals surface area (Å²) in [6.07, 6.45) is 2.15. The van der Waals surface area contributed by atoms with Gasteiger partial charge in [-0.1, -0.05) is 12.1 Å². The number of phenolic OH excluding ortho intramolecular Hbond substituents is 1. The Labute approximate surface area is 124 Å². The molecule has 0 saturated carbocycles. The number of anilines is 1. The highest BCUT2D eigenvalue weighted by Crippen LogP contribution is 2.34. The molecule has 1 aliphatic rings. The summed E-state index contributed by atoms with van der Waals surface area (Å²) in [5.41, 5.74) is 8.44. The van der Waals surface area contributed by atoms with E-state index in [1.54, 1.807) is 12.1 Å². The molecule has 1 aromatic heterocycles. The zero-order valence-electron chi connectivity index (χ0n) is 12.2. The summed E-state index contributed by atoms with van der Waals surface area (Å²) in [7, 11) is 2.14. The molecule has 0 bridgehead atoms. The molecule has 3 N–H and O–H groups in total. The second kappa shape index (κ2) is 5.69. The molecule has 1 fully saturated rings. The fourth-order valence-electron chi connectivity index (χ4n) is 2.88. The largest absolute Gasteiger partial charge is 0.507 e. The average Bonchev–Trinajstić information content (AvgIpc) is 2.50. The summed E-state index contributed by atoms with van der Waals surface area (Å²) >= 11 is 0. The SMILES string of the molecule is CN1CCC(c2cc(-c3ccccc3O)nnc2N)CC1. The molecule has 0 aliphatic carbocycles. The quantitative estimate of drug-likeness (QED) is 0.884. The number of benzene rings is 1. The Hall–Kier alpha value is -2.14. The van der Waals surface area contributed by atoms with E-state index in [0.717, 1.165) is 31.5 Å². The zero-order valence-corrected chi connectivity index (χ0v) is 12.2. The number of phenols is 1. The first-order valence-corrected chi connectivity index (χ1v) is 7.25. The van der Waals surface area contributed by atoms with Crippen molar-refractivity contribution < 1.29 is 5.11 Å². The molecule has 0 atom stereocenters. The molecule has 1 aliphatic heterocycles. The molecular formula is C16H20N4O. The van der Waals surface area contributed by atoms with Gasteiger partial charge >= 0.3 is 0 Å². The number of nitrogen functional groups attached to an aromatic ring is 1. The molecule has 5 nitrogen and oxygen atoms in total. The van der Waals surface area contributed by atoms with Crippen LogP contribution < -0.4 is 5.73 Å². The van der Waals surface area contributed by atoms with Crippen molar-refractivity contribution in [1.29, 1.82) is 0 Å². The minimum Gasteiger partial charge on any atom is -0.507 e. The monoisotopic (exact) mass is 284 g/mol. The summed E-state index contributed by atoms with van der Waals surface area (Å²) in [5, 5.41) is 18.2. The number of likely N-dealkylation sites (tertiary alicyclic amines) is 1. The molecular weight excluding hydrogens is 264 g/mol. The van der Waals surface area contributed by atoms with Gasteiger partial charge in [-0.25, -0.2) is 0 Å². The lowest BCUT2D eigenvalue weighted by Gasteiger charge is -2.29.